The highest BCUT2D eigenvalue weighted by molar-refractivity contribution is 5.74. The Labute approximate surface area is 81.7 Å². The van der Waals surface area contributed by atoms with Crippen molar-refractivity contribution in [3.05, 3.63) is 30.3 Å². The summed E-state index contributed by atoms with van der Waals surface area (Å²) in [5, 5.41) is 8.73. The van der Waals surface area contributed by atoms with E-state index < -0.39 is 12.1 Å². The summed E-state index contributed by atoms with van der Waals surface area (Å²) >= 11 is 0. The van der Waals surface area contributed by atoms with Crippen LogP contribution in [0.15, 0.2) is 30.3 Å². The van der Waals surface area contributed by atoms with Crippen molar-refractivity contribution in [1.82, 2.24) is 0 Å². The first-order valence-corrected chi connectivity index (χ1v) is 4.42. The highest BCUT2D eigenvalue weighted by Gasteiger charge is 2.28. The zero-order valence-electron chi connectivity index (χ0n) is 7.59. The molecule has 1 aliphatic heterocycles. The van der Waals surface area contributed by atoms with Crippen LogP contribution in [-0.2, 0) is 9.53 Å². The Balaban J connectivity index is 2.06. The van der Waals surface area contributed by atoms with Crippen LogP contribution in [0.25, 0.3) is 0 Å². The average Bonchev–Trinajstić information content (AvgIpc) is 2.68. The first-order chi connectivity index (χ1) is 6.77. The maximum atomic E-state index is 10.6. The lowest BCUT2D eigenvalue weighted by atomic mass is 10.3. The standard InChI is InChI=1S/C10H11NO3/c12-10(13)9-6-11(7-14-9)8-4-2-1-3-5-8/h1-5,9H,6-7H2,(H,12,13). The molecule has 14 heavy (non-hydrogen) atoms. The quantitative estimate of drug-likeness (QED) is 0.759. The van der Waals surface area contributed by atoms with Gasteiger partial charge in [-0.05, 0) is 12.1 Å². The van der Waals surface area contributed by atoms with Crippen molar-refractivity contribution in [2.75, 3.05) is 18.2 Å². The summed E-state index contributed by atoms with van der Waals surface area (Å²) in [6.07, 6.45) is -0.699. The smallest absolute Gasteiger partial charge is 0.334 e. The van der Waals surface area contributed by atoms with E-state index in [1.807, 2.05) is 35.2 Å². The van der Waals surface area contributed by atoms with Crippen LogP contribution in [0, 0.1) is 0 Å². The molecule has 1 aliphatic rings. The third-order valence-electron chi connectivity index (χ3n) is 2.21. The molecular formula is C10H11NO3. The lowest BCUT2D eigenvalue weighted by Crippen LogP contribution is -2.26. The van der Waals surface area contributed by atoms with Crippen LogP contribution in [-0.4, -0.2) is 30.5 Å². The van der Waals surface area contributed by atoms with E-state index in [4.69, 9.17) is 9.84 Å². The summed E-state index contributed by atoms with van der Waals surface area (Å²) in [6.45, 7) is 0.764. The highest BCUT2D eigenvalue weighted by atomic mass is 16.5. The molecule has 1 N–H and O–H groups in total. The minimum atomic E-state index is -0.900. The fourth-order valence-corrected chi connectivity index (χ4v) is 1.45. The second-order valence-electron chi connectivity index (χ2n) is 3.18. The van der Waals surface area contributed by atoms with E-state index in [0.29, 0.717) is 13.3 Å². The minimum absolute atomic E-state index is 0.348. The van der Waals surface area contributed by atoms with E-state index in [9.17, 15) is 4.79 Å². The van der Waals surface area contributed by atoms with Gasteiger partial charge in [-0.25, -0.2) is 4.79 Å². The maximum absolute atomic E-state index is 10.6. The molecule has 0 aromatic heterocycles. The molecule has 1 saturated heterocycles. The molecule has 4 heteroatoms. The molecule has 0 amide bonds. The zero-order valence-corrected chi connectivity index (χ0v) is 7.59. The Morgan fingerprint density at radius 2 is 2.14 bits per heavy atom. The number of carboxylic acid groups (broad SMARTS) is 1. The van der Waals surface area contributed by atoms with E-state index in [0.717, 1.165) is 5.69 Å². The fourth-order valence-electron chi connectivity index (χ4n) is 1.45. The fraction of sp³-hybridized carbons (Fsp3) is 0.300. The molecule has 0 saturated carbocycles. The maximum Gasteiger partial charge on any atom is 0.334 e. The second kappa shape index (κ2) is 3.67. The number of benzene rings is 1. The first kappa shape index (κ1) is 9.02. The Hall–Kier alpha value is -1.55. The van der Waals surface area contributed by atoms with Crippen molar-refractivity contribution in [2.24, 2.45) is 0 Å². The largest absolute Gasteiger partial charge is 0.479 e. The van der Waals surface area contributed by atoms with Gasteiger partial charge in [0.15, 0.2) is 6.10 Å². The summed E-state index contributed by atoms with van der Waals surface area (Å²) in [4.78, 5) is 12.5. The van der Waals surface area contributed by atoms with Gasteiger partial charge in [0.1, 0.15) is 6.73 Å². The normalized spacial score (nSPS) is 21.1. The van der Waals surface area contributed by atoms with Crippen molar-refractivity contribution >= 4 is 11.7 Å². The molecule has 1 fully saturated rings. The van der Waals surface area contributed by atoms with Gasteiger partial charge >= 0.3 is 5.97 Å². The zero-order chi connectivity index (χ0) is 9.97. The summed E-state index contributed by atoms with van der Waals surface area (Å²) in [7, 11) is 0. The number of rotatable bonds is 2. The summed E-state index contributed by atoms with van der Waals surface area (Å²) in [6, 6.07) is 9.64. The SMILES string of the molecule is O=C(O)C1CN(c2ccccc2)CO1. The van der Waals surface area contributed by atoms with Crippen molar-refractivity contribution in [1.29, 1.82) is 0 Å². The van der Waals surface area contributed by atoms with Crippen molar-refractivity contribution in [2.45, 2.75) is 6.10 Å². The van der Waals surface area contributed by atoms with Crippen molar-refractivity contribution in [3.63, 3.8) is 0 Å². The number of anilines is 1. The van der Waals surface area contributed by atoms with Crippen LogP contribution < -0.4 is 4.90 Å². The molecule has 1 heterocycles. The lowest BCUT2D eigenvalue weighted by Gasteiger charge is -2.14. The predicted molar refractivity (Wildman–Crippen MR) is 51.2 cm³/mol. The number of hydrogen-bond acceptors (Lipinski definition) is 3. The molecule has 1 aromatic rings. The van der Waals surface area contributed by atoms with E-state index in [1.54, 1.807) is 0 Å². The van der Waals surface area contributed by atoms with Gasteiger partial charge in [-0.3, -0.25) is 0 Å². The van der Waals surface area contributed by atoms with Gasteiger partial charge in [0.25, 0.3) is 0 Å². The van der Waals surface area contributed by atoms with Crippen LogP contribution in [0.2, 0.25) is 0 Å². The molecule has 0 spiro atoms. The van der Waals surface area contributed by atoms with Gasteiger partial charge < -0.3 is 14.7 Å². The van der Waals surface area contributed by atoms with Gasteiger partial charge in [-0.1, -0.05) is 18.2 Å². The predicted octanol–water partition coefficient (Wildman–Crippen LogP) is 0.934. The topological polar surface area (TPSA) is 49.8 Å². The second-order valence-corrected chi connectivity index (χ2v) is 3.18. The Bertz CT molecular complexity index is 325. The number of carboxylic acids is 1. The highest BCUT2D eigenvalue weighted by Crippen LogP contribution is 2.18. The van der Waals surface area contributed by atoms with Crippen LogP contribution in [0.4, 0.5) is 5.69 Å². The Morgan fingerprint density at radius 3 is 2.71 bits per heavy atom. The van der Waals surface area contributed by atoms with E-state index in [2.05, 4.69) is 0 Å². The lowest BCUT2D eigenvalue weighted by molar-refractivity contribution is -0.146. The number of aliphatic carboxylic acids is 1. The minimum Gasteiger partial charge on any atom is -0.479 e. The van der Waals surface area contributed by atoms with Gasteiger partial charge in [-0.15, -0.1) is 0 Å². The van der Waals surface area contributed by atoms with Crippen LogP contribution in [0.5, 0.6) is 0 Å². The Morgan fingerprint density at radius 1 is 1.43 bits per heavy atom. The van der Waals surface area contributed by atoms with Crippen LogP contribution in [0.3, 0.4) is 0 Å². The summed E-state index contributed by atoms with van der Waals surface area (Å²) in [5.74, 6) is -0.900. The molecule has 1 unspecified atom stereocenters. The van der Waals surface area contributed by atoms with E-state index >= 15 is 0 Å². The molecular weight excluding hydrogens is 182 g/mol. The van der Waals surface area contributed by atoms with Gasteiger partial charge in [0, 0.05) is 5.69 Å². The average molecular weight is 193 g/mol. The van der Waals surface area contributed by atoms with Gasteiger partial charge in [-0.2, -0.15) is 0 Å². The van der Waals surface area contributed by atoms with Crippen molar-refractivity contribution in [3.8, 4) is 0 Å². The first-order valence-electron chi connectivity index (χ1n) is 4.42. The van der Waals surface area contributed by atoms with Crippen LogP contribution in [0.1, 0.15) is 0 Å². The summed E-state index contributed by atoms with van der Waals surface area (Å²) < 4.78 is 5.11. The molecule has 74 valence electrons. The molecule has 0 radical (unpaired) electrons. The molecule has 4 nitrogen and oxygen atoms in total. The van der Waals surface area contributed by atoms with E-state index in [-0.39, 0.29) is 0 Å². The number of hydrogen-bond donors (Lipinski definition) is 1. The number of carbonyl (C=O) groups is 1. The molecule has 2 rings (SSSR count). The Kier molecular flexibility index (Phi) is 2.37. The number of para-hydroxylation sites is 1. The molecule has 0 aliphatic carbocycles. The van der Waals surface area contributed by atoms with Crippen LogP contribution >= 0.6 is 0 Å². The van der Waals surface area contributed by atoms with Gasteiger partial charge in [0.05, 0.1) is 6.54 Å². The number of nitrogens with zero attached hydrogens (tertiary/aromatic N) is 1. The van der Waals surface area contributed by atoms with E-state index in [1.165, 1.54) is 0 Å². The monoisotopic (exact) mass is 193 g/mol. The van der Waals surface area contributed by atoms with Crippen molar-refractivity contribution < 1.29 is 14.6 Å². The molecule has 0 bridgehead atoms. The van der Waals surface area contributed by atoms with Gasteiger partial charge in [0.2, 0.25) is 0 Å². The summed E-state index contributed by atoms with van der Waals surface area (Å²) in [5.41, 5.74) is 0.997. The third kappa shape index (κ3) is 1.70. The molecule has 1 atom stereocenters. The third-order valence-corrected chi connectivity index (χ3v) is 2.21. The number of ether oxygens (including phenoxy) is 1. The molecule has 1 aromatic carbocycles.